The number of carbonyl (C=O) groups excluding carboxylic acids is 1. The van der Waals surface area contributed by atoms with Crippen LogP contribution in [0.25, 0.3) is 0 Å². The SMILES string of the molecule is CCN(CC)CCCNCC(=O)Nc1ccc(Cl)cc1C(F)(F)F. The molecule has 0 saturated heterocycles. The molecule has 0 saturated carbocycles. The number of hydrogen-bond acceptors (Lipinski definition) is 3. The molecular formula is C16H23ClF3N3O. The summed E-state index contributed by atoms with van der Waals surface area (Å²) in [6.45, 7) is 7.58. The highest BCUT2D eigenvalue weighted by Crippen LogP contribution is 2.36. The first-order valence-corrected chi connectivity index (χ1v) is 8.25. The van der Waals surface area contributed by atoms with E-state index in [4.69, 9.17) is 11.6 Å². The van der Waals surface area contributed by atoms with Gasteiger partial charge in [-0.25, -0.2) is 0 Å². The van der Waals surface area contributed by atoms with E-state index in [-0.39, 0.29) is 17.3 Å². The van der Waals surface area contributed by atoms with E-state index in [0.717, 1.165) is 38.2 Å². The predicted molar refractivity (Wildman–Crippen MR) is 90.4 cm³/mol. The number of alkyl halides is 3. The molecule has 0 bridgehead atoms. The summed E-state index contributed by atoms with van der Waals surface area (Å²) in [4.78, 5) is 14.1. The highest BCUT2D eigenvalue weighted by atomic mass is 35.5. The molecule has 0 spiro atoms. The average Bonchev–Trinajstić information content (AvgIpc) is 2.51. The van der Waals surface area contributed by atoms with Crippen molar-refractivity contribution in [3.05, 3.63) is 28.8 Å². The minimum atomic E-state index is -4.58. The zero-order valence-corrected chi connectivity index (χ0v) is 14.6. The number of hydrogen-bond donors (Lipinski definition) is 2. The summed E-state index contributed by atoms with van der Waals surface area (Å²) in [5.74, 6) is -0.523. The summed E-state index contributed by atoms with van der Waals surface area (Å²) in [5.41, 5.74) is -1.24. The Hall–Kier alpha value is -1.31. The van der Waals surface area contributed by atoms with E-state index >= 15 is 0 Å². The Kier molecular flexibility index (Phi) is 8.52. The lowest BCUT2D eigenvalue weighted by atomic mass is 10.1. The lowest BCUT2D eigenvalue weighted by Gasteiger charge is -2.17. The van der Waals surface area contributed by atoms with E-state index in [0.29, 0.717) is 6.54 Å². The molecule has 0 unspecified atom stereocenters. The van der Waals surface area contributed by atoms with E-state index in [2.05, 4.69) is 29.4 Å². The average molecular weight is 366 g/mol. The van der Waals surface area contributed by atoms with Gasteiger partial charge in [0.15, 0.2) is 0 Å². The zero-order valence-electron chi connectivity index (χ0n) is 13.8. The van der Waals surface area contributed by atoms with Crippen LogP contribution in [0.2, 0.25) is 5.02 Å². The zero-order chi connectivity index (χ0) is 18.2. The van der Waals surface area contributed by atoms with Crippen molar-refractivity contribution in [2.75, 3.05) is 38.0 Å². The molecular weight excluding hydrogens is 343 g/mol. The second-order valence-corrected chi connectivity index (χ2v) is 5.73. The molecule has 24 heavy (non-hydrogen) atoms. The van der Waals surface area contributed by atoms with Gasteiger partial charge in [0.25, 0.3) is 0 Å². The second-order valence-electron chi connectivity index (χ2n) is 5.29. The maximum Gasteiger partial charge on any atom is 0.418 e. The Labute approximate surface area is 145 Å². The number of nitrogens with one attached hydrogen (secondary N) is 2. The fourth-order valence-corrected chi connectivity index (χ4v) is 2.40. The van der Waals surface area contributed by atoms with Crippen molar-refractivity contribution in [1.82, 2.24) is 10.2 Å². The summed E-state index contributed by atoms with van der Waals surface area (Å²) < 4.78 is 38.8. The molecule has 4 nitrogen and oxygen atoms in total. The van der Waals surface area contributed by atoms with Crippen molar-refractivity contribution in [3.8, 4) is 0 Å². The van der Waals surface area contributed by atoms with Crippen molar-refractivity contribution in [2.45, 2.75) is 26.4 Å². The monoisotopic (exact) mass is 365 g/mol. The van der Waals surface area contributed by atoms with Crippen LogP contribution in [0.1, 0.15) is 25.8 Å². The summed E-state index contributed by atoms with van der Waals surface area (Å²) in [7, 11) is 0. The predicted octanol–water partition coefficient (Wildman–Crippen LogP) is 3.62. The highest BCUT2D eigenvalue weighted by molar-refractivity contribution is 6.30. The van der Waals surface area contributed by atoms with Crippen LogP contribution in [-0.2, 0) is 11.0 Å². The van der Waals surface area contributed by atoms with Crippen LogP contribution in [0.4, 0.5) is 18.9 Å². The van der Waals surface area contributed by atoms with E-state index < -0.39 is 17.6 Å². The Balaban J connectivity index is 2.46. The van der Waals surface area contributed by atoms with Gasteiger partial charge in [-0.2, -0.15) is 13.2 Å². The third-order valence-corrected chi connectivity index (χ3v) is 3.80. The number of anilines is 1. The first-order chi connectivity index (χ1) is 11.3. The Morgan fingerprint density at radius 1 is 1.25 bits per heavy atom. The molecule has 2 N–H and O–H groups in total. The Bertz CT molecular complexity index is 534. The molecule has 1 aromatic carbocycles. The molecule has 0 aliphatic heterocycles. The van der Waals surface area contributed by atoms with E-state index in [1.165, 1.54) is 6.07 Å². The van der Waals surface area contributed by atoms with E-state index in [9.17, 15) is 18.0 Å². The smallest absolute Gasteiger partial charge is 0.324 e. The third-order valence-electron chi connectivity index (χ3n) is 3.57. The molecule has 1 aromatic rings. The molecule has 0 aromatic heterocycles. The van der Waals surface area contributed by atoms with Gasteiger partial charge in [0.1, 0.15) is 0 Å². The van der Waals surface area contributed by atoms with Gasteiger partial charge in [-0.1, -0.05) is 25.4 Å². The minimum absolute atomic E-state index is 0.0325. The minimum Gasteiger partial charge on any atom is -0.324 e. The van der Waals surface area contributed by atoms with Crippen molar-refractivity contribution in [1.29, 1.82) is 0 Å². The standard InChI is InChI=1S/C16H23ClF3N3O/c1-3-23(4-2)9-5-8-21-11-15(24)22-14-7-6-12(17)10-13(14)16(18,19)20/h6-7,10,21H,3-5,8-9,11H2,1-2H3,(H,22,24). The summed E-state index contributed by atoms with van der Waals surface area (Å²) in [6.07, 6.45) is -3.71. The number of benzene rings is 1. The summed E-state index contributed by atoms with van der Waals surface area (Å²) in [5, 5.41) is 5.18. The van der Waals surface area contributed by atoms with Crippen LogP contribution in [0.3, 0.4) is 0 Å². The van der Waals surface area contributed by atoms with Crippen LogP contribution < -0.4 is 10.6 Å². The lowest BCUT2D eigenvalue weighted by Crippen LogP contribution is -2.32. The van der Waals surface area contributed by atoms with Gasteiger partial charge < -0.3 is 15.5 Å². The Morgan fingerprint density at radius 2 is 1.92 bits per heavy atom. The maximum absolute atomic E-state index is 12.9. The van der Waals surface area contributed by atoms with Crippen molar-refractivity contribution in [3.63, 3.8) is 0 Å². The first-order valence-electron chi connectivity index (χ1n) is 7.87. The highest BCUT2D eigenvalue weighted by Gasteiger charge is 2.34. The number of rotatable bonds is 9. The number of halogens is 4. The van der Waals surface area contributed by atoms with Crippen LogP contribution in [0, 0.1) is 0 Å². The summed E-state index contributed by atoms with van der Waals surface area (Å²) in [6, 6.07) is 3.27. The van der Waals surface area contributed by atoms with Gasteiger partial charge in [0.05, 0.1) is 17.8 Å². The fourth-order valence-electron chi connectivity index (χ4n) is 2.22. The van der Waals surface area contributed by atoms with Gasteiger partial charge >= 0.3 is 6.18 Å². The number of amides is 1. The van der Waals surface area contributed by atoms with E-state index in [1.807, 2.05) is 0 Å². The molecule has 0 atom stereocenters. The van der Waals surface area contributed by atoms with Crippen LogP contribution >= 0.6 is 11.6 Å². The van der Waals surface area contributed by atoms with Gasteiger partial charge in [-0.3, -0.25) is 4.79 Å². The first kappa shape index (κ1) is 20.7. The van der Waals surface area contributed by atoms with Crippen LogP contribution in [0.5, 0.6) is 0 Å². The van der Waals surface area contributed by atoms with Gasteiger partial charge in [-0.05, 0) is 50.8 Å². The van der Waals surface area contributed by atoms with Gasteiger partial charge in [-0.15, -0.1) is 0 Å². The number of carbonyl (C=O) groups is 1. The summed E-state index contributed by atoms with van der Waals surface area (Å²) >= 11 is 5.60. The number of nitrogens with zero attached hydrogens (tertiary/aromatic N) is 1. The molecule has 0 aliphatic carbocycles. The van der Waals surface area contributed by atoms with Gasteiger partial charge in [0.2, 0.25) is 5.91 Å². The van der Waals surface area contributed by atoms with Crippen molar-refractivity contribution >= 4 is 23.2 Å². The molecule has 0 radical (unpaired) electrons. The normalized spacial score (nSPS) is 11.8. The quantitative estimate of drug-likeness (QED) is 0.657. The Morgan fingerprint density at radius 3 is 2.50 bits per heavy atom. The molecule has 8 heteroatoms. The van der Waals surface area contributed by atoms with Crippen LogP contribution in [-0.4, -0.2) is 43.5 Å². The van der Waals surface area contributed by atoms with E-state index in [1.54, 1.807) is 0 Å². The molecule has 0 fully saturated rings. The fraction of sp³-hybridized carbons (Fsp3) is 0.562. The molecule has 0 aliphatic rings. The molecule has 1 amide bonds. The second kappa shape index (κ2) is 9.86. The topological polar surface area (TPSA) is 44.4 Å². The molecule has 136 valence electrons. The molecule has 1 rings (SSSR count). The lowest BCUT2D eigenvalue weighted by molar-refractivity contribution is -0.137. The largest absolute Gasteiger partial charge is 0.418 e. The van der Waals surface area contributed by atoms with Crippen molar-refractivity contribution in [2.24, 2.45) is 0 Å². The van der Waals surface area contributed by atoms with Gasteiger partial charge in [0, 0.05) is 5.02 Å². The van der Waals surface area contributed by atoms with Crippen molar-refractivity contribution < 1.29 is 18.0 Å². The third kappa shape index (κ3) is 7.07. The van der Waals surface area contributed by atoms with Crippen LogP contribution in [0.15, 0.2) is 18.2 Å². The molecule has 0 heterocycles. The maximum atomic E-state index is 12.9.